The third-order valence-corrected chi connectivity index (χ3v) is 2.47. The molecule has 0 radical (unpaired) electrons. The Bertz CT molecular complexity index is 544. The predicted molar refractivity (Wildman–Crippen MR) is 73.1 cm³/mol. The molecule has 0 aliphatic rings. The normalized spacial score (nSPS) is 10.5. The fraction of sp³-hybridized carbons (Fsp3) is 0.0667. The van der Waals surface area contributed by atoms with Crippen molar-refractivity contribution < 1.29 is 4.79 Å². The summed E-state index contributed by atoms with van der Waals surface area (Å²) in [5.74, 6) is -0.119. The van der Waals surface area contributed by atoms with E-state index in [1.807, 2.05) is 49.5 Å². The highest BCUT2D eigenvalue weighted by Crippen LogP contribution is 2.20. The molecule has 18 heavy (non-hydrogen) atoms. The van der Waals surface area contributed by atoms with Crippen molar-refractivity contribution in [2.45, 2.75) is 6.92 Å². The van der Waals surface area contributed by atoms with Gasteiger partial charge in [0.15, 0.2) is 0 Å². The van der Waals surface area contributed by atoms with E-state index >= 15 is 0 Å². The molecule has 2 aromatic rings. The third kappa shape index (κ3) is 3.04. The van der Waals surface area contributed by atoms with Gasteiger partial charge in [-0.1, -0.05) is 24.3 Å². The summed E-state index contributed by atoms with van der Waals surface area (Å²) in [4.78, 5) is 15.4. The fourth-order valence-corrected chi connectivity index (χ4v) is 1.61. The molecule has 1 heterocycles. The summed E-state index contributed by atoms with van der Waals surface area (Å²) in [7, 11) is 0. The average Bonchev–Trinajstić information content (AvgIpc) is 2.41. The molecule has 1 amide bonds. The summed E-state index contributed by atoms with van der Waals surface area (Å²) in [6.07, 6.45) is 6.76. The number of carbonyl (C=O) groups excluding carboxylic acids is 1. The number of pyridine rings is 1. The number of hydrogen-bond acceptors (Lipinski definition) is 2. The van der Waals surface area contributed by atoms with Gasteiger partial charge in [0, 0.05) is 18.1 Å². The van der Waals surface area contributed by atoms with Crippen LogP contribution in [0.3, 0.4) is 0 Å². The smallest absolute Gasteiger partial charge is 0.248 e. The van der Waals surface area contributed by atoms with Crippen LogP contribution in [0.15, 0.2) is 60.9 Å². The van der Waals surface area contributed by atoms with Gasteiger partial charge in [-0.05, 0) is 42.3 Å². The molecular weight excluding hydrogens is 224 g/mol. The monoisotopic (exact) mass is 238 g/mol. The topological polar surface area (TPSA) is 42.0 Å². The molecule has 3 nitrogen and oxygen atoms in total. The maximum absolute atomic E-state index is 11.4. The van der Waals surface area contributed by atoms with E-state index in [1.165, 1.54) is 6.08 Å². The van der Waals surface area contributed by atoms with Crippen LogP contribution >= 0.6 is 0 Å². The van der Waals surface area contributed by atoms with Gasteiger partial charge in [-0.3, -0.25) is 9.78 Å². The minimum absolute atomic E-state index is 0.119. The lowest BCUT2D eigenvalue weighted by molar-refractivity contribution is -0.111. The van der Waals surface area contributed by atoms with E-state index in [9.17, 15) is 4.79 Å². The van der Waals surface area contributed by atoms with Crippen LogP contribution in [-0.2, 0) is 4.79 Å². The highest BCUT2D eigenvalue weighted by Gasteiger charge is 1.99. The quantitative estimate of drug-likeness (QED) is 0.834. The minimum Gasteiger partial charge on any atom is -0.323 e. The Labute approximate surface area is 106 Å². The van der Waals surface area contributed by atoms with Gasteiger partial charge in [0.05, 0.1) is 0 Å². The minimum atomic E-state index is -0.119. The summed E-state index contributed by atoms with van der Waals surface area (Å²) in [6, 6.07) is 11.6. The number of amides is 1. The molecular formula is C15H14N2O. The Kier molecular flexibility index (Phi) is 3.86. The van der Waals surface area contributed by atoms with Crippen LogP contribution in [0.4, 0.5) is 5.69 Å². The van der Waals surface area contributed by atoms with Gasteiger partial charge in [-0.2, -0.15) is 0 Å². The number of anilines is 1. The highest BCUT2D eigenvalue weighted by atomic mass is 16.1. The Balaban J connectivity index is 2.13. The number of nitrogens with one attached hydrogen (secondary N) is 1. The molecule has 3 heteroatoms. The first kappa shape index (κ1) is 12.0. The molecule has 1 aromatic carbocycles. The van der Waals surface area contributed by atoms with Gasteiger partial charge in [0.1, 0.15) is 0 Å². The third-order valence-electron chi connectivity index (χ3n) is 2.47. The molecule has 1 aromatic heterocycles. The first-order valence-electron chi connectivity index (χ1n) is 5.74. The maximum Gasteiger partial charge on any atom is 0.248 e. The molecule has 0 fully saturated rings. The van der Waals surface area contributed by atoms with Gasteiger partial charge in [-0.25, -0.2) is 0 Å². The van der Waals surface area contributed by atoms with E-state index in [2.05, 4.69) is 10.3 Å². The Morgan fingerprint density at radius 1 is 1.17 bits per heavy atom. The number of allylic oxidation sites excluding steroid dienone is 1. The fourth-order valence-electron chi connectivity index (χ4n) is 1.61. The molecule has 0 saturated carbocycles. The molecule has 0 saturated heterocycles. The molecule has 0 spiro atoms. The Morgan fingerprint density at radius 2 is 1.94 bits per heavy atom. The molecule has 0 unspecified atom stereocenters. The molecule has 0 bridgehead atoms. The van der Waals surface area contributed by atoms with E-state index in [0.29, 0.717) is 0 Å². The van der Waals surface area contributed by atoms with E-state index in [4.69, 9.17) is 0 Å². The SMILES string of the molecule is C/C=C/C(=O)Nc1ccc(-c2cccnc2)cc1. The molecule has 1 N–H and O–H groups in total. The second kappa shape index (κ2) is 5.77. The zero-order chi connectivity index (χ0) is 12.8. The Hall–Kier alpha value is -2.42. The maximum atomic E-state index is 11.4. The van der Waals surface area contributed by atoms with Crippen LogP contribution in [0.1, 0.15) is 6.92 Å². The van der Waals surface area contributed by atoms with Gasteiger partial charge < -0.3 is 5.32 Å². The van der Waals surface area contributed by atoms with Crippen molar-refractivity contribution in [2.24, 2.45) is 0 Å². The average molecular weight is 238 g/mol. The number of carbonyl (C=O) groups is 1. The van der Waals surface area contributed by atoms with Crippen molar-refractivity contribution in [3.8, 4) is 11.1 Å². The lowest BCUT2D eigenvalue weighted by Crippen LogP contribution is -2.07. The zero-order valence-corrected chi connectivity index (χ0v) is 10.1. The van der Waals surface area contributed by atoms with Gasteiger partial charge in [0.25, 0.3) is 0 Å². The molecule has 0 aliphatic heterocycles. The molecule has 2 rings (SSSR count). The Morgan fingerprint density at radius 3 is 2.56 bits per heavy atom. The number of benzene rings is 1. The van der Waals surface area contributed by atoms with E-state index < -0.39 is 0 Å². The van der Waals surface area contributed by atoms with Crippen LogP contribution in [0.2, 0.25) is 0 Å². The van der Waals surface area contributed by atoms with Crippen molar-refractivity contribution in [2.75, 3.05) is 5.32 Å². The van der Waals surface area contributed by atoms with E-state index in [-0.39, 0.29) is 5.91 Å². The number of rotatable bonds is 3. The van der Waals surface area contributed by atoms with E-state index in [1.54, 1.807) is 12.3 Å². The van der Waals surface area contributed by atoms with Crippen molar-refractivity contribution in [1.82, 2.24) is 4.98 Å². The van der Waals surface area contributed by atoms with E-state index in [0.717, 1.165) is 16.8 Å². The van der Waals surface area contributed by atoms with Gasteiger partial charge in [-0.15, -0.1) is 0 Å². The number of aromatic nitrogens is 1. The van der Waals surface area contributed by atoms with Crippen molar-refractivity contribution >= 4 is 11.6 Å². The lowest BCUT2D eigenvalue weighted by atomic mass is 10.1. The summed E-state index contributed by atoms with van der Waals surface area (Å²) in [6.45, 7) is 1.81. The van der Waals surface area contributed by atoms with Crippen LogP contribution in [-0.4, -0.2) is 10.9 Å². The zero-order valence-electron chi connectivity index (χ0n) is 10.1. The second-order valence-electron chi connectivity index (χ2n) is 3.81. The molecule has 0 aliphatic carbocycles. The first-order valence-corrected chi connectivity index (χ1v) is 5.74. The van der Waals surface area contributed by atoms with Crippen molar-refractivity contribution in [3.05, 3.63) is 60.9 Å². The predicted octanol–water partition coefficient (Wildman–Crippen LogP) is 3.26. The van der Waals surface area contributed by atoms with Crippen LogP contribution < -0.4 is 5.32 Å². The van der Waals surface area contributed by atoms with Crippen LogP contribution in [0.5, 0.6) is 0 Å². The summed E-state index contributed by atoms with van der Waals surface area (Å²) >= 11 is 0. The largest absolute Gasteiger partial charge is 0.323 e. The summed E-state index contributed by atoms with van der Waals surface area (Å²) in [5, 5.41) is 2.78. The van der Waals surface area contributed by atoms with Crippen molar-refractivity contribution in [1.29, 1.82) is 0 Å². The standard InChI is InChI=1S/C15H14N2O/c1-2-4-15(18)17-14-8-6-12(7-9-14)13-5-3-10-16-11-13/h2-11H,1H3,(H,17,18)/b4-2+. The molecule has 0 atom stereocenters. The van der Waals surface area contributed by atoms with Gasteiger partial charge >= 0.3 is 0 Å². The molecule has 90 valence electrons. The summed E-state index contributed by atoms with van der Waals surface area (Å²) in [5.41, 5.74) is 2.92. The highest BCUT2D eigenvalue weighted by molar-refractivity contribution is 5.99. The van der Waals surface area contributed by atoms with Crippen LogP contribution in [0.25, 0.3) is 11.1 Å². The number of nitrogens with zero attached hydrogens (tertiary/aromatic N) is 1. The first-order chi connectivity index (χ1) is 8.79. The van der Waals surface area contributed by atoms with Crippen LogP contribution in [0, 0.1) is 0 Å². The second-order valence-corrected chi connectivity index (χ2v) is 3.81. The summed E-state index contributed by atoms with van der Waals surface area (Å²) < 4.78 is 0. The number of hydrogen-bond donors (Lipinski definition) is 1. The lowest BCUT2D eigenvalue weighted by Gasteiger charge is -2.04. The van der Waals surface area contributed by atoms with Crippen molar-refractivity contribution in [3.63, 3.8) is 0 Å². The van der Waals surface area contributed by atoms with Gasteiger partial charge in [0.2, 0.25) is 5.91 Å².